The number of hydrogen-bond donors (Lipinski definition) is 1. The first-order valence-corrected chi connectivity index (χ1v) is 6.12. The van der Waals surface area contributed by atoms with Crippen molar-refractivity contribution in [3.05, 3.63) is 34.9 Å². The van der Waals surface area contributed by atoms with Gasteiger partial charge in [0.05, 0.1) is 19.3 Å². The van der Waals surface area contributed by atoms with Crippen molar-refractivity contribution in [1.29, 1.82) is 0 Å². The number of rotatable bonds is 7. The van der Waals surface area contributed by atoms with Crippen molar-refractivity contribution >= 4 is 17.5 Å². The molecule has 1 N–H and O–H groups in total. The summed E-state index contributed by atoms with van der Waals surface area (Å²) in [5.41, 5.74) is 1.00. The number of carbonyl (C=O) groups excluding carboxylic acids is 1. The van der Waals surface area contributed by atoms with Crippen molar-refractivity contribution < 1.29 is 14.3 Å². The number of benzene rings is 1. The Balaban J connectivity index is 2.33. The molecule has 0 aliphatic heterocycles. The lowest BCUT2D eigenvalue weighted by molar-refractivity contribution is -0.126. The molecular formula is C13H18ClNO3. The maximum absolute atomic E-state index is 11.6. The maximum atomic E-state index is 11.6. The van der Waals surface area contributed by atoms with Gasteiger partial charge in [-0.1, -0.05) is 23.7 Å². The molecule has 0 aliphatic carbocycles. The van der Waals surface area contributed by atoms with Gasteiger partial charge in [-0.3, -0.25) is 4.79 Å². The van der Waals surface area contributed by atoms with Gasteiger partial charge in [-0.2, -0.15) is 0 Å². The monoisotopic (exact) mass is 271 g/mol. The standard InChI is InChI=1S/C13H18ClNO3/c1-10(11-3-5-12(14)6-4-11)15-13(16)9-18-8-7-17-2/h3-6,10H,7-9H2,1-2H3,(H,15,16)/t10-/m1/s1. The molecule has 1 aromatic carbocycles. The van der Waals surface area contributed by atoms with Crippen molar-refractivity contribution in [3.8, 4) is 0 Å². The Labute approximate surface area is 112 Å². The highest BCUT2D eigenvalue weighted by atomic mass is 35.5. The van der Waals surface area contributed by atoms with Crippen LogP contribution in [0.25, 0.3) is 0 Å². The summed E-state index contributed by atoms with van der Waals surface area (Å²) in [5, 5.41) is 3.53. The Morgan fingerprint density at radius 1 is 1.33 bits per heavy atom. The predicted octanol–water partition coefficient (Wildman–Crippen LogP) is 2.18. The Hall–Kier alpha value is -1.10. The largest absolute Gasteiger partial charge is 0.382 e. The van der Waals surface area contributed by atoms with Crippen LogP contribution in [-0.2, 0) is 14.3 Å². The van der Waals surface area contributed by atoms with Crippen molar-refractivity contribution in [2.24, 2.45) is 0 Å². The second-order valence-electron chi connectivity index (χ2n) is 3.89. The smallest absolute Gasteiger partial charge is 0.246 e. The van der Waals surface area contributed by atoms with Gasteiger partial charge < -0.3 is 14.8 Å². The van der Waals surface area contributed by atoms with Crippen LogP contribution in [0.5, 0.6) is 0 Å². The van der Waals surface area contributed by atoms with Gasteiger partial charge in [0.2, 0.25) is 5.91 Å². The van der Waals surface area contributed by atoms with Gasteiger partial charge in [0.1, 0.15) is 6.61 Å². The lowest BCUT2D eigenvalue weighted by atomic mass is 10.1. The van der Waals surface area contributed by atoms with Crippen molar-refractivity contribution in [1.82, 2.24) is 5.32 Å². The first-order chi connectivity index (χ1) is 8.63. The van der Waals surface area contributed by atoms with E-state index in [1.807, 2.05) is 19.1 Å². The summed E-state index contributed by atoms with van der Waals surface area (Å²) in [6, 6.07) is 7.31. The van der Waals surface area contributed by atoms with Gasteiger partial charge in [-0.05, 0) is 24.6 Å². The van der Waals surface area contributed by atoms with Crippen molar-refractivity contribution in [3.63, 3.8) is 0 Å². The molecule has 1 aromatic rings. The summed E-state index contributed by atoms with van der Waals surface area (Å²) in [5.74, 6) is -0.145. The molecule has 1 rings (SSSR count). The first-order valence-electron chi connectivity index (χ1n) is 5.75. The van der Waals surface area contributed by atoms with Gasteiger partial charge in [-0.15, -0.1) is 0 Å². The van der Waals surface area contributed by atoms with E-state index in [-0.39, 0.29) is 18.6 Å². The highest BCUT2D eigenvalue weighted by molar-refractivity contribution is 6.30. The van der Waals surface area contributed by atoms with Crippen LogP contribution in [0.2, 0.25) is 5.02 Å². The van der Waals surface area contributed by atoms with E-state index in [1.165, 1.54) is 0 Å². The fourth-order valence-electron chi connectivity index (χ4n) is 1.43. The molecule has 18 heavy (non-hydrogen) atoms. The zero-order chi connectivity index (χ0) is 13.4. The molecule has 0 saturated carbocycles. The van der Waals surface area contributed by atoms with E-state index in [1.54, 1.807) is 19.2 Å². The molecule has 100 valence electrons. The van der Waals surface area contributed by atoms with E-state index in [0.29, 0.717) is 18.2 Å². The number of hydrogen-bond acceptors (Lipinski definition) is 3. The predicted molar refractivity (Wildman–Crippen MR) is 70.7 cm³/mol. The number of methoxy groups -OCH3 is 1. The van der Waals surface area contributed by atoms with Gasteiger partial charge in [0.25, 0.3) is 0 Å². The van der Waals surface area contributed by atoms with Crippen LogP contribution in [0.4, 0.5) is 0 Å². The summed E-state index contributed by atoms with van der Waals surface area (Å²) in [4.78, 5) is 11.6. The van der Waals surface area contributed by atoms with Crippen LogP contribution in [-0.4, -0.2) is 32.8 Å². The van der Waals surface area contributed by atoms with E-state index < -0.39 is 0 Å². The minimum atomic E-state index is -0.145. The number of nitrogens with one attached hydrogen (secondary N) is 1. The Bertz CT molecular complexity index is 367. The molecule has 0 heterocycles. The van der Waals surface area contributed by atoms with E-state index in [9.17, 15) is 4.79 Å². The highest BCUT2D eigenvalue weighted by Gasteiger charge is 2.09. The van der Waals surface area contributed by atoms with Crippen LogP contribution in [0.1, 0.15) is 18.5 Å². The molecule has 4 nitrogen and oxygen atoms in total. The second-order valence-corrected chi connectivity index (χ2v) is 4.32. The Morgan fingerprint density at radius 3 is 2.61 bits per heavy atom. The molecule has 0 spiro atoms. The first kappa shape index (κ1) is 15.0. The average Bonchev–Trinajstić information content (AvgIpc) is 2.35. The lowest BCUT2D eigenvalue weighted by Crippen LogP contribution is -2.30. The third kappa shape index (κ3) is 5.49. The zero-order valence-corrected chi connectivity index (χ0v) is 11.4. The summed E-state index contributed by atoms with van der Waals surface area (Å²) in [6.07, 6.45) is 0. The molecule has 0 aliphatic rings. The molecule has 0 bridgehead atoms. The normalized spacial score (nSPS) is 12.2. The minimum absolute atomic E-state index is 0.0429. The molecular weight excluding hydrogens is 254 g/mol. The van der Waals surface area contributed by atoms with E-state index in [2.05, 4.69) is 5.32 Å². The fourth-order valence-corrected chi connectivity index (χ4v) is 1.55. The minimum Gasteiger partial charge on any atom is -0.382 e. The van der Waals surface area contributed by atoms with Crippen LogP contribution in [0, 0.1) is 0 Å². The summed E-state index contributed by atoms with van der Waals surface area (Å²) < 4.78 is 9.95. The Morgan fingerprint density at radius 2 is 2.00 bits per heavy atom. The fraction of sp³-hybridized carbons (Fsp3) is 0.462. The summed E-state index contributed by atoms with van der Waals surface area (Å²) in [7, 11) is 1.59. The van der Waals surface area contributed by atoms with Gasteiger partial charge in [0, 0.05) is 12.1 Å². The quantitative estimate of drug-likeness (QED) is 0.774. The number of carbonyl (C=O) groups is 1. The molecule has 0 radical (unpaired) electrons. The van der Waals surface area contributed by atoms with E-state index >= 15 is 0 Å². The highest BCUT2D eigenvalue weighted by Crippen LogP contribution is 2.15. The molecule has 0 aromatic heterocycles. The molecule has 0 unspecified atom stereocenters. The second kappa shape index (κ2) is 8.08. The maximum Gasteiger partial charge on any atom is 0.246 e. The number of amides is 1. The third-order valence-electron chi connectivity index (χ3n) is 2.41. The van der Waals surface area contributed by atoms with Crippen LogP contribution in [0.15, 0.2) is 24.3 Å². The topological polar surface area (TPSA) is 47.6 Å². The molecule has 1 atom stereocenters. The van der Waals surface area contributed by atoms with Gasteiger partial charge >= 0.3 is 0 Å². The van der Waals surface area contributed by atoms with Crippen LogP contribution < -0.4 is 5.32 Å². The number of halogens is 1. The molecule has 0 saturated heterocycles. The average molecular weight is 272 g/mol. The van der Waals surface area contributed by atoms with Crippen LogP contribution in [0.3, 0.4) is 0 Å². The zero-order valence-electron chi connectivity index (χ0n) is 10.6. The molecule has 5 heteroatoms. The SMILES string of the molecule is COCCOCC(=O)N[C@H](C)c1ccc(Cl)cc1. The number of ether oxygens (including phenoxy) is 2. The lowest BCUT2D eigenvalue weighted by Gasteiger charge is -2.14. The van der Waals surface area contributed by atoms with E-state index in [4.69, 9.17) is 21.1 Å². The van der Waals surface area contributed by atoms with E-state index in [0.717, 1.165) is 5.56 Å². The van der Waals surface area contributed by atoms with Crippen LogP contribution >= 0.6 is 11.6 Å². The molecule has 0 fully saturated rings. The van der Waals surface area contributed by atoms with Crippen molar-refractivity contribution in [2.45, 2.75) is 13.0 Å². The Kier molecular flexibility index (Phi) is 6.72. The van der Waals surface area contributed by atoms with Crippen molar-refractivity contribution in [2.75, 3.05) is 26.9 Å². The summed E-state index contributed by atoms with van der Waals surface area (Å²) >= 11 is 5.80. The summed E-state index contributed by atoms with van der Waals surface area (Å²) in [6.45, 7) is 2.86. The van der Waals surface area contributed by atoms with Gasteiger partial charge in [0.15, 0.2) is 0 Å². The third-order valence-corrected chi connectivity index (χ3v) is 2.66. The molecule has 1 amide bonds. The van der Waals surface area contributed by atoms with Gasteiger partial charge in [-0.25, -0.2) is 0 Å².